The van der Waals surface area contributed by atoms with Crippen molar-refractivity contribution < 1.29 is 24.2 Å². The molecule has 0 aliphatic rings. The van der Waals surface area contributed by atoms with Crippen LogP contribution in [0.3, 0.4) is 0 Å². The second-order valence-electron chi connectivity index (χ2n) is 5.04. The third-order valence-electron chi connectivity index (χ3n) is 3.52. The van der Waals surface area contributed by atoms with E-state index in [-0.39, 0.29) is 16.3 Å². The number of aryl methyl sites for hydroxylation is 1. The average molecular weight is 349 g/mol. The Hall–Kier alpha value is -2.53. The Morgan fingerprint density at radius 1 is 1.21 bits per heavy atom. The van der Waals surface area contributed by atoms with Crippen LogP contribution < -0.4 is 0 Å². The van der Waals surface area contributed by atoms with Crippen LogP contribution in [0.25, 0.3) is 0 Å². The molecule has 0 spiro atoms. The lowest BCUT2D eigenvalue weighted by Crippen LogP contribution is -2.21. The summed E-state index contributed by atoms with van der Waals surface area (Å²) in [7, 11) is 1.19. The topological polar surface area (TPSA) is 72.8 Å². The maximum absolute atomic E-state index is 12.4. The van der Waals surface area contributed by atoms with Crippen molar-refractivity contribution in [2.75, 3.05) is 7.11 Å². The van der Waals surface area contributed by atoms with E-state index in [0.29, 0.717) is 12.0 Å². The van der Waals surface area contributed by atoms with Gasteiger partial charge in [0.15, 0.2) is 0 Å². The number of hydrogen-bond acceptors (Lipinski definition) is 5. The van der Waals surface area contributed by atoms with Crippen LogP contribution in [0.5, 0.6) is 5.75 Å². The van der Waals surface area contributed by atoms with Crippen LogP contribution in [0.15, 0.2) is 42.5 Å². The molecule has 5 nitrogen and oxygen atoms in total. The number of carbonyl (C=O) groups is 2. The molecule has 2 aromatic carbocycles. The van der Waals surface area contributed by atoms with Crippen molar-refractivity contribution in [1.82, 2.24) is 0 Å². The first-order chi connectivity index (χ1) is 11.5. The summed E-state index contributed by atoms with van der Waals surface area (Å²) in [4.78, 5) is 24.4. The summed E-state index contributed by atoms with van der Waals surface area (Å²) in [6, 6.07) is 11.2. The maximum atomic E-state index is 12.4. The highest BCUT2D eigenvalue weighted by Gasteiger charge is 2.29. The number of hydrogen-bond donors (Lipinski definition) is 1. The Morgan fingerprint density at radius 2 is 1.92 bits per heavy atom. The molecule has 24 heavy (non-hydrogen) atoms. The van der Waals surface area contributed by atoms with Crippen molar-refractivity contribution in [3.05, 3.63) is 64.2 Å². The number of halogens is 1. The molecule has 1 unspecified atom stereocenters. The van der Waals surface area contributed by atoms with Gasteiger partial charge in [-0.3, -0.25) is 0 Å². The van der Waals surface area contributed by atoms with Crippen molar-refractivity contribution in [1.29, 1.82) is 0 Å². The Kier molecular flexibility index (Phi) is 5.82. The molecule has 0 saturated heterocycles. The van der Waals surface area contributed by atoms with E-state index in [0.717, 1.165) is 5.56 Å². The first-order valence-corrected chi connectivity index (χ1v) is 7.70. The van der Waals surface area contributed by atoms with Crippen molar-refractivity contribution in [2.24, 2.45) is 0 Å². The van der Waals surface area contributed by atoms with Gasteiger partial charge in [0.1, 0.15) is 11.3 Å². The van der Waals surface area contributed by atoms with Gasteiger partial charge in [0, 0.05) is 10.6 Å². The molecular weight excluding hydrogens is 332 g/mol. The third-order valence-corrected chi connectivity index (χ3v) is 3.86. The number of methoxy groups -OCH3 is 1. The van der Waals surface area contributed by atoms with Gasteiger partial charge in [-0.1, -0.05) is 42.8 Å². The molecule has 6 heteroatoms. The maximum Gasteiger partial charge on any atom is 0.352 e. The highest BCUT2D eigenvalue weighted by Crippen LogP contribution is 2.29. The quantitative estimate of drug-likeness (QED) is 0.834. The SMILES string of the molecule is CCc1ccc(O)c(C(=O)OC(C(=O)OC)c2ccccc2Cl)c1. The lowest BCUT2D eigenvalue weighted by atomic mass is 10.1. The highest BCUT2D eigenvalue weighted by molar-refractivity contribution is 6.31. The van der Waals surface area contributed by atoms with Gasteiger partial charge < -0.3 is 14.6 Å². The summed E-state index contributed by atoms with van der Waals surface area (Å²) in [6.07, 6.45) is -0.633. The number of rotatable bonds is 5. The van der Waals surface area contributed by atoms with Gasteiger partial charge in [-0.15, -0.1) is 0 Å². The molecule has 0 aliphatic carbocycles. The van der Waals surface area contributed by atoms with Crippen molar-refractivity contribution in [2.45, 2.75) is 19.4 Å². The Balaban J connectivity index is 2.35. The number of esters is 2. The van der Waals surface area contributed by atoms with Crippen LogP contribution in [-0.2, 0) is 20.7 Å². The molecule has 0 aromatic heterocycles. The summed E-state index contributed by atoms with van der Waals surface area (Å²) >= 11 is 6.08. The highest BCUT2D eigenvalue weighted by atomic mass is 35.5. The van der Waals surface area contributed by atoms with Crippen LogP contribution in [0.1, 0.15) is 34.5 Å². The largest absolute Gasteiger partial charge is 0.507 e. The van der Waals surface area contributed by atoms with Crippen LogP contribution in [0, 0.1) is 0 Å². The lowest BCUT2D eigenvalue weighted by molar-refractivity contribution is -0.151. The Bertz CT molecular complexity index is 757. The summed E-state index contributed by atoms with van der Waals surface area (Å²) in [5.41, 5.74) is 1.15. The zero-order valence-corrected chi connectivity index (χ0v) is 14.0. The molecule has 0 bridgehead atoms. The molecule has 2 aromatic rings. The lowest BCUT2D eigenvalue weighted by Gasteiger charge is -2.17. The normalized spacial score (nSPS) is 11.6. The minimum Gasteiger partial charge on any atom is -0.507 e. The predicted octanol–water partition coefficient (Wildman–Crippen LogP) is 3.68. The van der Waals surface area contributed by atoms with Gasteiger partial charge in [0.25, 0.3) is 0 Å². The fourth-order valence-corrected chi connectivity index (χ4v) is 2.41. The molecular formula is C18H17ClO5. The van der Waals surface area contributed by atoms with Gasteiger partial charge in [0.2, 0.25) is 6.10 Å². The van der Waals surface area contributed by atoms with Crippen LogP contribution in [0.2, 0.25) is 5.02 Å². The van der Waals surface area contributed by atoms with E-state index in [1.165, 1.54) is 19.2 Å². The second kappa shape index (κ2) is 7.84. The molecule has 0 amide bonds. The molecule has 1 atom stereocenters. The van der Waals surface area contributed by atoms with E-state index < -0.39 is 18.0 Å². The first-order valence-electron chi connectivity index (χ1n) is 7.33. The monoisotopic (exact) mass is 348 g/mol. The van der Waals surface area contributed by atoms with E-state index in [9.17, 15) is 14.7 Å². The average Bonchev–Trinajstić information content (AvgIpc) is 2.60. The summed E-state index contributed by atoms with van der Waals surface area (Å²) in [5.74, 6) is -1.82. The van der Waals surface area contributed by atoms with Crippen molar-refractivity contribution in [3.8, 4) is 5.75 Å². The van der Waals surface area contributed by atoms with Crippen molar-refractivity contribution in [3.63, 3.8) is 0 Å². The Morgan fingerprint density at radius 3 is 2.54 bits per heavy atom. The molecule has 0 radical (unpaired) electrons. The second-order valence-corrected chi connectivity index (χ2v) is 5.44. The van der Waals surface area contributed by atoms with Gasteiger partial charge in [0.05, 0.1) is 7.11 Å². The number of ether oxygens (including phenoxy) is 2. The number of aromatic hydroxyl groups is 1. The van der Waals surface area contributed by atoms with Crippen molar-refractivity contribution >= 4 is 23.5 Å². The number of phenolic OH excluding ortho intramolecular Hbond substituents is 1. The fraction of sp³-hybridized carbons (Fsp3) is 0.222. The van der Waals surface area contributed by atoms with Crippen LogP contribution in [0.4, 0.5) is 0 Å². The number of carbonyl (C=O) groups excluding carboxylic acids is 2. The van der Waals surface area contributed by atoms with E-state index in [1.54, 1.807) is 30.3 Å². The minimum atomic E-state index is -1.32. The zero-order chi connectivity index (χ0) is 17.7. The van der Waals surface area contributed by atoms with E-state index in [4.69, 9.17) is 21.1 Å². The smallest absolute Gasteiger partial charge is 0.352 e. The number of phenols is 1. The predicted molar refractivity (Wildman–Crippen MR) is 89.1 cm³/mol. The third kappa shape index (κ3) is 3.86. The molecule has 126 valence electrons. The molecule has 0 saturated carbocycles. The zero-order valence-electron chi connectivity index (χ0n) is 13.3. The molecule has 2 rings (SSSR count). The van der Waals surface area contributed by atoms with Gasteiger partial charge in [-0.2, -0.15) is 0 Å². The van der Waals surface area contributed by atoms with E-state index >= 15 is 0 Å². The molecule has 0 aliphatic heterocycles. The van der Waals surface area contributed by atoms with Gasteiger partial charge >= 0.3 is 11.9 Å². The standard InChI is InChI=1S/C18H17ClO5/c1-3-11-8-9-15(20)13(10-11)17(21)24-16(18(22)23-2)12-6-4-5-7-14(12)19/h4-10,16,20H,3H2,1-2H3. The summed E-state index contributed by atoms with van der Waals surface area (Å²) in [6.45, 7) is 1.92. The van der Waals surface area contributed by atoms with E-state index in [1.807, 2.05) is 6.92 Å². The Labute approximate surface area is 144 Å². The summed E-state index contributed by atoms with van der Waals surface area (Å²) in [5, 5.41) is 10.2. The summed E-state index contributed by atoms with van der Waals surface area (Å²) < 4.78 is 9.97. The molecule has 1 N–H and O–H groups in total. The molecule has 0 heterocycles. The molecule has 0 fully saturated rings. The number of benzene rings is 2. The van der Waals surface area contributed by atoms with E-state index in [2.05, 4.69) is 0 Å². The fourth-order valence-electron chi connectivity index (χ4n) is 2.17. The van der Waals surface area contributed by atoms with Gasteiger partial charge in [-0.05, 0) is 30.2 Å². The van der Waals surface area contributed by atoms with Crippen LogP contribution >= 0.6 is 11.6 Å². The first kappa shape index (κ1) is 17.8. The van der Waals surface area contributed by atoms with Crippen LogP contribution in [-0.4, -0.2) is 24.2 Å². The minimum absolute atomic E-state index is 0.0182. The van der Waals surface area contributed by atoms with Gasteiger partial charge in [-0.25, -0.2) is 9.59 Å².